The van der Waals surface area contributed by atoms with Crippen molar-refractivity contribution in [3.8, 4) is 0 Å². The van der Waals surface area contributed by atoms with E-state index in [0.29, 0.717) is 11.4 Å². The molecule has 0 aliphatic heterocycles. The summed E-state index contributed by atoms with van der Waals surface area (Å²) in [6.45, 7) is 1.83. The molecule has 1 rings (SSSR count). The number of aromatic nitrogens is 2. The lowest BCUT2D eigenvalue weighted by molar-refractivity contribution is 0.0943. The number of rotatable bonds is 3. The van der Waals surface area contributed by atoms with Crippen LogP contribution in [0.15, 0.2) is 18.5 Å². The van der Waals surface area contributed by atoms with Crippen molar-refractivity contribution in [3.63, 3.8) is 0 Å². The third-order valence-electron chi connectivity index (χ3n) is 1.46. The molecule has 0 bridgehead atoms. The van der Waals surface area contributed by atoms with Crippen molar-refractivity contribution in [2.75, 3.05) is 5.88 Å². The predicted molar refractivity (Wildman–Crippen MR) is 49.7 cm³/mol. The van der Waals surface area contributed by atoms with Crippen LogP contribution in [0.25, 0.3) is 0 Å². The van der Waals surface area contributed by atoms with E-state index in [1.807, 2.05) is 6.92 Å². The maximum absolute atomic E-state index is 11.4. The Hall–Kier alpha value is -1.16. The van der Waals surface area contributed by atoms with Crippen LogP contribution in [0.1, 0.15) is 17.3 Å². The second-order valence-corrected chi connectivity index (χ2v) is 2.97. The SMILES string of the molecule is CC(CCl)NC(=O)c1ccnnc1. The Morgan fingerprint density at radius 3 is 3.00 bits per heavy atom. The molecule has 0 aliphatic carbocycles. The largest absolute Gasteiger partial charge is 0.348 e. The van der Waals surface area contributed by atoms with E-state index in [1.54, 1.807) is 6.07 Å². The standard InChI is InChI=1S/C8H10ClN3O/c1-6(4-9)12-8(13)7-2-3-10-11-5-7/h2-3,5-6H,4H2,1H3,(H,12,13). The zero-order valence-corrected chi connectivity index (χ0v) is 7.95. The molecule has 1 amide bonds. The molecule has 1 atom stereocenters. The topological polar surface area (TPSA) is 54.9 Å². The van der Waals surface area contributed by atoms with Gasteiger partial charge in [0.05, 0.1) is 18.0 Å². The Bertz CT molecular complexity index is 278. The number of nitrogens with one attached hydrogen (secondary N) is 1. The fourth-order valence-corrected chi connectivity index (χ4v) is 0.848. The molecule has 1 aromatic rings. The van der Waals surface area contributed by atoms with E-state index in [2.05, 4.69) is 15.5 Å². The van der Waals surface area contributed by atoms with Crippen LogP contribution >= 0.6 is 11.6 Å². The predicted octanol–water partition coefficient (Wildman–Crippen LogP) is 0.834. The van der Waals surface area contributed by atoms with Gasteiger partial charge in [0, 0.05) is 11.9 Å². The minimum Gasteiger partial charge on any atom is -0.348 e. The van der Waals surface area contributed by atoms with Crippen LogP contribution in [-0.4, -0.2) is 28.0 Å². The number of hydrogen-bond donors (Lipinski definition) is 1. The van der Waals surface area contributed by atoms with Gasteiger partial charge in [-0.05, 0) is 13.0 Å². The fraction of sp³-hybridized carbons (Fsp3) is 0.375. The first-order valence-corrected chi connectivity index (χ1v) is 4.41. The summed E-state index contributed by atoms with van der Waals surface area (Å²) in [5, 5.41) is 9.87. The first kappa shape index (κ1) is 9.92. The van der Waals surface area contributed by atoms with Crippen LogP contribution in [-0.2, 0) is 0 Å². The van der Waals surface area contributed by atoms with Crippen LogP contribution < -0.4 is 5.32 Å². The average Bonchev–Trinajstić information content (AvgIpc) is 2.19. The van der Waals surface area contributed by atoms with Gasteiger partial charge in [0.15, 0.2) is 0 Å². The molecule has 0 saturated carbocycles. The number of amides is 1. The second-order valence-electron chi connectivity index (χ2n) is 2.66. The third-order valence-corrected chi connectivity index (χ3v) is 1.92. The lowest BCUT2D eigenvalue weighted by Crippen LogP contribution is -2.33. The van der Waals surface area contributed by atoms with Crippen LogP contribution in [0.3, 0.4) is 0 Å². The number of carbonyl (C=O) groups is 1. The summed E-state index contributed by atoms with van der Waals surface area (Å²) in [6, 6.07) is 1.56. The Morgan fingerprint density at radius 1 is 1.69 bits per heavy atom. The first-order valence-electron chi connectivity index (χ1n) is 3.87. The minimum atomic E-state index is -0.178. The Kier molecular flexibility index (Phi) is 3.64. The number of hydrogen-bond acceptors (Lipinski definition) is 3. The summed E-state index contributed by atoms with van der Waals surface area (Å²) in [5.41, 5.74) is 0.493. The van der Waals surface area contributed by atoms with E-state index in [-0.39, 0.29) is 11.9 Å². The van der Waals surface area contributed by atoms with Gasteiger partial charge in [0.25, 0.3) is 5.91 Å². The van der Waals surface area contributed by atoms with Crippen LogP contribution in [0.5, 0.6) is 0 Å². The molecule has 1 unspecified atom stereocenters. The molecule has 5 heteroatoms. The van der Waals surface area contributed by atoms with Gasteiger partial charge >= 0.3 is 0 Å². The van der Waals surface area contributed by atoms with Crippen molar-refractivity contribution in [1.82, 2.24) is 15.5 Å². The quantitative estimate of drug-likeness (QED) is 0.734. The van der Waals surface area contributed by atoms with Crippen molar-refractivity contribution < 1.29 is 4.79 Å². The smallest absolute Gasteiger partial charge is 0.253 e. The highest BCUT2D eigenvalue weighted by Gasteiger charge is 2.08. The van der Waals surface area contributed by atoms with Crippen molar-refractivity contribution >= 4 is 17.5 Å². The molecule has 0 aromatic carbocycles. The highest BCUT2D eigenvalue weighted by Crippen LogP contribution is 1.95. The summed E-state index contributed by atoms with van der Waals surface area (Å²) < 4.78 is 0. The van der Waals surface area contributed by atoms with Gasteiger partial charge in [0.2, 0.25) is 0 Å². The Labute approximate surface area is 81.3 Å². The number of carbonyl (C=O) groups excluding carboxylic acids is 1. The monoisotopic (exact) mass is 199 g/mol. The number of halogens is 1. The molecule has 1 N–H and O–H groups in total. The molecule has 1 heterocycles. The van der Waals surface area contributed by atoms with E-state index in [4.69, 9.17) is 11.6 Å². The molecule has 0 spiro atoms. The van der Waals surface area contributed by atoms with Crippen LogP contribution in [0, 0.1) is 0 Å². The lowest BCUT2D eigenvalue weighted by Gasteiger charge is -2.09. The second kappa shape index (κ2) is 4.77. The van der Waals surface area contributed by atoms with Crippen molar-refractivity contribution in [2.24, 2.45) is 0 Å². The van der Waals surface area contributed by atoms with Crippen LogP contribution in [0.4, 0.5) is 0 Å². The summed E-state index contributed by atoms with van der Waals surface area (Å²) in [5.74, 6) is 0.215. The van der Waals surface area contributed by atoms with Crippen molar-refractivity contribution in [2.45, 2.75) is 13.0 Å². The molecular weight excluding hydrogens is 190 g/mol. The summed E-state index contributed by atoms with van der Waals surface area (Å²) in [7, 11) is 0. The molecule has 1 aromatic heterocycles. The summed E-state index contributed by atoms with van der Waals surface area (Å²) >= 11 is 5.54. The van der Waals surface area contributed by atoms with E-state index < -0.39 is 0 Å². The zero-order valence-electron chi connectivity index (χ0n) is 7.20. The van der Waals surface area contributed by atoms with Crippen molar-refractivity contribution in [3.05, 3.63) is 24.0 Å². The molecule has 0 saturated heterocycles. The number of nitrogens with zero attached hydrogens (tertiary/aromatic N) is 2. The van der Waals surface area contributed by atoms with Crippen molar-refractivity contribution in [1.29, 1.82) is 0 Å². The average molecular weight is 200 g/mol. The Morgan fingerprint density at radius 2 is 2.46 bits per heavy atom. The fourth-order valence-electron chi connectivity index (χ4n) is 0.771. The van der Waals surface area contributed by atoms with Gasteiger partial charge in [-0.15, -0.1) is 11.6 Å². The Balaban J connectivity index is 2.59. The van der Waals surface area contributed by atoms with Gasteiger partial charge in [-0.25, -0.2) is 0 Å². The van der Waals surface area contributed by atoms with E-state index in [1.165, 1.54) is 12.4 Å². The highest BCUT2D eigenvalue weighted by atomic mass is 35.5. The van der Waals surface area contributed by atoms with E-state index >= 15 is 0 Å². The zero-order chi connectivity index (χ0) is 9.68. The summed E-state index contributed by atoms with van der Waals surface area (Å²) in [6.07, 6.45) is 2.89. The lowest BCUT2D eigenvalue weighted by atomic mass is 10.2. The summed E-state index contributed by atoms with van der Waals surface area (Å²) in [4.78, 5) is 11.4. The first-order chi connectivity index (χ1) is 6.24. The normalized spacial score (nSPS) is 12.2. The van der Waals surface area contributed by atoms with Gasteiger partial charge in [0.1, 0.15) is 0 Å². The van der Waals surface area contributed by atoms with E-state index in [9.17, 15) is 4.79 Å². The maximum atomic E-state index is 11.4. The molecule has 0 fully saturated rings. The minimum absolute atomic E-state index is 0.0395. The molecule has 0 radical (unpaired) electrons. The molecule has 4 nitrogen and oxygen atoms in total. The maximum Gasteiger partial charge on any atom is 0.253 e. The van der Waals surface area contributed by atoms with E-state index in [0.717, 1.165) is 0 Å². The van der Waals surface area contributed by atoms with Crippen LogP contribution in [0.2, 0.25) is 0 Å². The molecule has 0 aliphatic rings. The van der Waals surface area contributed by atoms with Gasteiger partial charge in [-0.1, -0.05) is 0 Å². The molecule has 70 valence electrons. The third kappa shape index (κ3) is 2.99. The highest BCUT2D eigenvalue weighted by molar-refractivity contribution is 6.18. The van der Waals surface area contributed by atoms with Gasteiger partial charge < -0.3 is 5.32 Å². The van der Waals surface area contributed by atoms with Gasteiger partial charge in [-0.2, -0.15) is 10.2 Å². The number of alkyl halides is 1. The van der Waals surface area contributed by atoms with Gasteiger partial charge in [-0.3, -0.25) is 4.79 Å². The molecule has 13 heavy (non-hydrogen) atoms. The molecular formula is C8H10ClN3O.